The molecule has 0 aliphatic heterocycles. The van der Waals surface area contributed by atoms with Crippen molar-refractivity contribution in [1.82, 2.24) is 16.0 Å². The molecule has 1 atom stereocenters. The van der Waals surface area contributed by atoms with Gasteiger partial charge >= 0.3 is 6.03 Å². The lowest BCUT2D eigenvalue weighted by Gasteiger charge is -2.14. The van der Waals surface area contributed by atoms with Gasteiger partial charge in [-0.1, -0.05) is 13.0 Å². The molecule has 1 rings (SSSR count). The molecule has 0 saturated heterocycles. The van der Waals surface area contributed by atoms with Crippen LogP contribution in [0.4, 0.5) is 13.6 Å². The van der Waals surface area contributed by atoms with Gasteiger partial charge in [0, 0.05) is 24.2 Å². The molecule has 0 aromatic heterocycles. The molecule has 0 radical (unpaired) electrons. The molecule has 0 spiro atoms. The van der Waals surface area contributed by atoms with Crippen LogP contribution in [0.1, 0.15) is 31.9 Å². The predicted octanol–water partition coefficient (Wildman–Crippen LogP) is 1.85. The van der Waals surface area contributed by atoms with Crippen molar-refractivity contribution >= 4 is 11.9 Å². The predicted molar refractivity (Wildman–Crippen MR) is 74.6 cm³/mol. The Labute approximate surface area is 122 Å². The van der Waals surface area contributed by atoms with Gasteiger partial charge in [0.05, 0.1) is 6.54 Å². The highest BCUT2D eigenvalue weighted by Gasteiger charge is 2.13. The normalized spacial score (nSPS) is 11.8. The van der Waals surface area contributed by atoms with Crippen LogP contribution in [0.2, 0.25) is 0 Å². The lowest BCUT2D eigenvalue weighted by Crippen LogP contribution is -2.44. The summed E-state index contributed by atoms with van der Waals surface area (Å²) in [7, 11) is 0. The van der Waals surface area contributed by atoms with Crippen molar-refractivity contribution in [3.05, 3.63) is 35.4 Å². The summed E-state index contributed by atoms with van der Waals surface area (Å²) in [4.78, 5) is 22.7. The smallest absolute Gasteiger partial charge is 0.321 e. The zero-order chi connectivity index (χ0) is 15.8. The molecule has 0 heterocycles. The number of hydrogen-bond donors (Lipinski definition) is 3. The average molecular weight is 299 g/mol. The molecule has 0 bridgehead atoms. The van der Waals surface area contributed by atoms with Crippen molar-refractivity contribution in [3.63, 3.8) is 0 Å². The van der Waals surface area contributed by atoms with Gasteiger partial charge in [0.1, 0.15) is 11.6 Å². The zero-order valence-corrected chi connectivity index (χ0v) is 12.0. The van der Waals surface area contributed by atoms with Crippen molar-refractivity contribution in [1.29, 1.82) is 0 Å². The number of hydrogen-bond acceptors (Lipinski definition) is 3. The van der Waals surface area contributed by atoms with E-state index in [1.807, 2.05) is 6.92 Å². The standard InChI is InChI=1S/C14H19F2N3O2/c1-3-6-17-14(21)19-13(20)8-18-9(2)11-5-4-10(15)7-12(11)16/h4-5,7,9,18H,3,6,8H2,1-2H3,(H2,17,19,20,21)/t9-/m1/s1. The number of rotatable bonds is 6. The van der Waals surface area contributed by atoms with Crippen LogP contribution in [-0.4, -0.2) is 25.0 Å². The maximum atomic E-state index is 13.5. The summed E-state index contributed by atoms with van der Waals surface area (Å²) in [6.45, 7) is 3.85. The summed E-state index contributed by atoms with van der Waals surface area (Å²) in [5, 5.41) is 7.40. The van der Waals surface area contributed by atoms with Crippen LogP contribution < -0.4 is 16.0 Å². The fourth-order valence-corrected chi connectivity index (χ4v) is 1.66. The van der Waals surface area contributed by atoms with Gasteiger partial charge in [0.25, 0.3) is 0 Å². The Morgan fingerprint density at radius 3 is 2.62 bits per heavy atom. The monoisotopic (exact) mass is 299 g/mol. The lowest BCUT2D eigenvalue weighted by molar-refractivity contribution is -0.119. The van der Waals surface area contributed by atoms with E-state index in [0.29, 0.717) is 6.54 Å². The van der Waals surface area contributed by atoms with E-state index >= 15 is 0 Å². The molecule has 116 valence electrons. The third kappa shape index (κ3) is 5.86. The molecule has 0 fully saturated rings. The Hall–Kier alpha value is -2.02. The highest BCUT2D eigenvalue weighted by atomic mass is 19.1. The van der Waals surface area contributed by atoms with E-state index < -0.39 is 29.6 Å². The van der Waals surface area contributed by atoms with Gasteiger partial charge in [-0.3, -0.25) is 10.1 Å². The van der Waals surface area contributed by atoms with Crippen LogP contribution in [0.3, 0.4) is 0 Å². The Morgan fingerprint density at radius 2 is 2.00 bits per heavy atom. The van der Waals surface area contributed by atoms with Gasteiger partial charge in [-0.15, -0.1) is 0 Å². The summed E-state index contributed by atoms with van der Waals surface area (Å²) in [5.41, 5.74) is 0.250. The van der Waals surface area contributed by atoms with Gasteiger partial charge in [-0.25, -0.2) is 13.6 Å². The molecule has 21 heavy (non-hydrogen) atoms. The van der Waals surface area contributed by atoms with E-state index in [1.54, 1.807) is 6.92 Å². The first-order valence-electron chi connectivity index (χ1n) is 6.70. The number of imide groups is 1. The van der Waals surface area contributed by atoms with Crippen LogP contribution >= 0.6 is 0 Å². The summed E-state index contributed by atoms with van der Waals surface area (Å²) >= 11 is 0. The third-order valence-corrected chi connectivity index (χ3v) is 2.79. The minimum atomic E-state index is -0.684. The molecule has 1 aromatic rings. The third-order valence-electron chi connectivity index (χ3n) is 2.79. The first-order chi connectivity index (χ1) is 9.93. The summed E-state index contributed by atoms with van der Waals surface area (Å²) in [6.07, 6.45) is 0.765. The molecule has 0 aliphatic carbocycles. The number of urea groups is 1. The van der Waals surface area contributed by atoms with Crippen molar-refractivity contribution in [3.8, 4) is 0 Å². The second kappa shape index (κ2) is 8.31. The summed E-state index contributed by atoms with van der Waals surface area (Å²) in [6, 6.07) is 2.19. The number of carbonyl (C=O) groups excluding carboxylic acids is 2. The highest BCUT2D eigenvalue weighted by molar-refractivity contribution is 5.95. The van der Waals surface area contributed by atoms with E-state index in [9.17, 15) is 18.4 Å². The lowest BCUT2D eigenvalue weighted by atomic mass is 10.1. The Kier molecular flexibility index (Phi) is 6.74. The van der Waals surface area contributed by atoms with E-state index in [1.165, 1.54) is 6.07 Å². The zero-order valence-electron chi connectivity index (χ0n) is 12.0. The molecule has 3 N–H and O–H groups in total. The average Bonchev–Trinajstić information content (AvgIpc) is 2.42. The number of nitrogens with one attached hydrogen (secondary N) is 3. The maximum Gasteiger partial charge on any atom is 0.321 e. The first-order valence-corrected chi connectivity index (χ1v) is 6.70. The van der Waals surface area contributed by atoms with Crippen LogP contribution in [0, 0.1) is 11.6 Å². The minimum Gasteiger partial charge on any atom is -0.338 e. The number of benzene rings is 1. The molecule has 5 nitrogen and oxygen atoms in total. The second-order valence-electron chi connectivity index (χ2n) is 4.57. The van der Waals surface area contributed by atoms with E-state index in [4.69, 9.17) is 0 Å². The second-order valence-corrected chi connectivity index (χ2v) is 4.57. The van der Waals surface area contributed by atoms with E-state index in [2.05, 4.69) is 16.0 Å². The molecule has 0 unspecified atom stereocenters. The maximum absolute atomic E-state index is 13.5. The Balaban J connectivity index is 2.43. The van der Waals surface area contributed by atoms with Gasteiger partial charge in [0.15, 0.2) is 0 Å². The van der Waals surface area contributed by atoms with Gasteiger partial charge in [-0.2, -0.15) is 0 Å². The Bertz CT molecular complexity index is 509. The number of halogens is 2. The van der Waals surface area contributed by atoms with Crippen molar-refractivity contribution in [2.45, 2.75) is 26.3 Å². The van der Waals surface area contributed by atoms with Crippen molar-refractivity contribution in [2.24, 2.45) is 0 Å². The topological polar surface area (TPSA) is 70.2 Å². The minimum absolute atomic E-state index is 0.155. The van der Waals surface area contributed by atoms with Gasteiger partial charge in [-0.05, 0) is 19.4 Å². The quantitative estimate of drug-likeness (QED) is 0.751. The van der Waals surface area contributed by atoms with Gasteiger partial charge in [0.2, 0.25) is 5.91 Å². The van der Waals surface area contributed by atoms with Crippen LogP contribution in [0.15, 0.2) is 18.2 Å². The highest BCUT2D eigenvalue weighted by Crippen LogP contribution is 2.17. The van der Waals surface area contributed by atoms with E-state index in [-0.39, 0.29) is 12.1 Å². The van der Waals surface area contributed by atoms with Crippen LogP contribution in [-0.2, 0) is 4.79 Å². The van der Waals surface area contributed by atoms with E-state index in [0.717, 1.165) is 18.6 Å². The number of amides is 3. The Morgan fingerprint density at radius 1 is 1.29 bits per heavy atom. The van der Waals surface area contributed by atoms with Crippen molar-refractivity contribution < 1.29 is 18.4 Å². The van der Waals surface area contributed by atoms with Crippen LogP contribution in [0.5, 0.6) is 0 Å². The summed E-state index contributed by atoms with van der Waals surface area (Å²) in [5.74, 6) is -1.87. The fraction of sp³-hybridized carbons (Fsp3) is 0.429. The molecule has 1 aromatic carbocycles. The molecule has 7 heteroatoms. The summed E-state index contributed by atoms with van der Waals surface area (Å²) < 4.78 is 26.3. The first kappa shape index (κ1) is 17.0. The number of carbonyl (C=O) groups is 2. The molecular weight excluding hydrogens is 280 g/mol. The molecular formula is C14H19F2N3O2. The SMILES string of the molecule is CCCNC(=O)NC(=O)CN[C@H](C)c1ccc(F)cc1F. The van der Waals surface area contributed by atoms with Crippen molar-refractivity contribution in [2.75, 3.05) is 13.1 Å². The molecule has 0 saturated carbocycles. The fourth-order valence-electron chi connectivity index (χ4n) is 1.66. The largest absolute Gasteiger partial charge is 0.338 e. The molecule has 0 aliphatic rings. The molecule has 3 amide bonds. The van der Waals surface area contributed by atoms with Gasteiger partial charge < -0.3 is 10.6 Å². The van der Waals surface area contributed by atoms with Crippen LogP contribution in [0.25, 0.3) is 0 Å².